The Hall–Kier alpha value is -2.69. The Morgan fingerprint density at radius 3 is 2.62 bits per heavy atom. The third-order valence-corrected chi connectivity index (χ3v) is 4.03. The number of carbonyl (C=O) groups is 1. The summed E-state index contributed by atoms with van der Waals surface area (Å²) >= 11 is 0. The Labute approximate surface area is 147 Å². The minimum absolute atomic E-state index is 0.0727. The molecule has 0 bridgehead atoms. The topological polar surface area (TPSA) is 76.4 Å². The van der Waals surface area contributed by atoms with E-state index >= 15 is 0 Å². The summed E-state index contributed by atoms with van der Waals surface area (Å²) in [5.41, 5.74) is 0.651. The van der Waals surface area contributed by atoms with E-state index in [9.17, 15) is 18.0 Å². The fourth-order valence-corrected chi connectivity index (χ4v) is 2.74. The van der Waals surface area contributed by atoms with Gasteiger partial charge in [-0.25, -0.2) is 9.07 Å². The summed E-state index contributed by atoms with van der Waals surface area (Å²) < 4.78 is 43.5. The Balaban J connectivity index is 1.49. The third-order valence-electron chi connectivity index (χ3n) is 4.03. The van der Waals surface area contributed by atoms with Gasteiger partial charge in [-0.3, -0.25) is 9.69 Å². The molecule has 0 spiro atoms. The summed E-state index contributed by atoms with van der Waals surface area (Å²) in [4.78, 5) is 15.9. The molecule has 1 saturated heterocycles. The molecule has 26 heavy (non-hydrogen) atoms. The highest BCUT2D eigenvalue weighted by atomic mass is 19.3. The van der Waals surface area contributed by atoms with E-state index in [1.54, 1.807) is 11.0 Å². The minimum Gasteiger partial charge on any atom is -0.432 e. The number of carbonyl (C=O) groups excluding carboxylic acids is 1. The van der Waals surface area contributed by atoms with Gasteiger partial charge in [0.1, 0.15) is 12.9 Å². The molecule has 8 nitrogen and oxygen atoms in total. The average Bonchev–Trinajstić information content (AvgIpc) is 3.10. The number of hydrogen-bond acceptors (Lipinski definition) is 6. The molecule has 0 aliphatic carbocycles. The summed E-state index contributed by atoms with van der Waals surface area (Å²) in [5.74, 6) is -1.36. The molecule has 11 heteroatoms. The number of aromatic nitrogens is 4. The van der Waals surface area contributed by atoms with Crippen molar-refractivity contribution in [1.82, 2.24) is 30.0 Å². The molecule has 0 saturated carbocycles. The fourth-order valence-electron chi connectivity index (χ4n) is 2.74. The molecule has 1 aliphatic rings. The van der Waals surface area contributed by atoms with E-state index in [-0.39, 0.29) is 12.5 Å². The number of nitrogens with zero attached hydrogens (tertiary/aromatic N) is 6. The molecule has 0 unspecified atom stereocenters. The van der Waals surface area contributed by atoms with Gasteiger partial charge in [-0.1, -0.05) is 6.07 Å². The zero-order valence-corrected chi connectivity index (χ0v) is 13.8. The van der Waals surface area contributed by atoms with Gasteiger partial charge in [-0.2, -0.15) is 8.78 Å². The number of amides is 1. The quantitative estimate of drug-likeness (QED) is 0.747. The van der Waals surface area contributed by atoms with Crippen LogP contribution in [0.3, 0.4) is 0 Å². The van der Waals surface area contributed by atoms with E-state index in [1.165, 1.54) is 23.1 Å². The minimum atomic E-state index is -3.06. The van der Waals surface area contributed by atoms with Crippen LogP contribution in [-0.2, 0) is 17.9 Å². The van der Waals surface area contributed by atoms with Crippen molar-refractivity contribution in [3.8, 4) is 5.75 Å². The van der Waals surface area contributed by atoms with Gasteiger partial charge in [-0.15, -0.1) is 5.10 Å². The Bertz CT molecular complexity index is 735. The van der Waals surface area contributed by atoms with Crippen LogP contribution >= 0.6 is 0 Å². The maximum Gasteiger partial charge on any atom is 0.387 e. The molecule has 2 aromatic rings. The van der Waals surface area contributed by atoms with Crippen LogP contribution in [0.1, 0.15) is 5.56 Å². The van der Waals surface area contributed by atoms with Gasteiger partial charge >= 0.3 is 6.61 Å². The monoisotopic (exact) mass is 370 g/mol. The predicted octanol–water partition coefficient (Wildman–Crippen LogP) is 0.758. The van der Waals surface area contributed by atoms with E-state index in [1.807, 2.05) is 0 Å². The van der Waals surface area contributed by atoms with E-state index < -0.39 is 18.2 Å². The SMILES string of the molecule is O=C(Cn1cnnn1)N1CCN(Cc2ccc(OC(F)F)c(F)c2)CC1. The first kappa shape index (κ1) is 18.1. The summed E-state index contributed by atoms with van der Waals surface area (Å²) in [7, 11) is 0. The molecular weight excluding hydrogens is 353 g/mol. The lowest BCUT2D eigenvalue weighted by Crippen LogP contribution is -2.49. The second kappa shape index (κ2) is 8.13. The van der Waals surface area contributed by atoms with Crippen molar-refractivity contribution in [3.63, 3.8) is 0 Å². The first-order valence-electron chi connectivity index (χ1n) is 7.95. The Morgan fingerprint density at radius 2 is 2.00 bits per heavy atom. The second-order valence-corrected chi connectivity index (χ2v) is 5.81. The van der Waals surface area contributed by atoms with Crippen LogP contribution in [0.15, 0.2) is 24.5 Å². The maximum atomic E-state index is 13.8. The first-order valence-corrected chi connectivity index (χ1v) is 7.95. The molecule has 1 amide bonds. The number of piperazine rings is 1. The highest BCUT2D eigenvalue weighted by molar-refractivity contribution is 5.75. The molecule has 0 radical (unpaired) electrons. The average molecular weight is 370 g/mol. The number of rotatable bonds is 6. The van der Waals surface area contributed by atoms with E-state index in [0.717, 1.165) is 0 Å². The van der Waals surface area contributed by atoms with Gasteiger partial charge in [0.05, 0.1) is 0 Å². The number of tetrazole rings is 1. The fraction of sp³-hybridized carbons (Fsp3) is 0.467. The smallest absolute Gasteiger partial charge is 0.387 e. The molecule has 3 rings (SSSR count). The van der Waals surface area contributed by atoms with Crippen molar-refractivity contribution < 1.29 is 22.7 Å². The van der Waals surface area contributed by atoms with Crippen LogP contribution in [-0.4, -0.2) is 68.7 Å². The van der Waals surface area contributed by atoms with Crippen molar-refractivity contribution >= 4 is 5.91 Å². The largest absolute Gasteiger partial charge is 0.432 e. The van der Waals surface area contributed by atoms with Gasteiger partial charge in [0.15, 0.2) is 11.6 Å². The van der Waals surface area contributed by atoms with Gasteiger partial charge in [0.2, 0.25) is 5.91 Å². The molecule has 0 atom stereocenters. The van der Waals surface area contributed by atoms with Crippen LogP contribution in [0, 0.1) is 5.82 Å². The highest BCUT2D eigenvalue weighted by Gasteiger charge is 2.22. The Morgan fingerprint density at radius 1 is 1.23 bits per heavy atom. The van der Waals surface area contributed by atoms with Gasteiger partial charge in [0, 0.05) is 32.7 Å². The van der Waals surface area contributed by atoms with Crippen LogP contribution in [0.5, 0.6) is 5.75 Å². The summed E-state index contributed by atoms with van der Waals surface area (Å²) in [6, 6.07) is 3.94. The van der Waals surface area contributed by atoms with E-state index in [0.29, 0.717) is 38.3 Å². The lowest BCUT2D eigenvalue weighted by Gasteiger charge is -2.34. The van der Waals surface area contributed by atoms with Crippen LogP contribution in [0.25, 0.3) is 0 Å². The molecule has 1 aromatic heterocycles. The molecule has 1 aromatic carbocycles. The Kier molecular flexibility index (Phi) is 5.66. The number of benzene rings is 1. The number of hydrogen-bond donors (Lipinski definition) is 0. The van der Waals surface area contributed by atoms with E-state index in [4.69, 9.17) is 0 Å². The summed E-state index contributed by atoms with van der Waals surface area (Å²) in [6.45, 7) is -0.193. The van der Waals surface area contributed by atoms with Crippen molar-refractivity contribution in [3.05, 3.63) is 35.9 Å². The van der Waals surface area contributed by atoms with Crippen molar-refractivity contribution in [2.45, 2.75) is 19.7 Å². The molecule has 1 aliphatic heterocycles. The van der Waals surface area contributed by atoms with Crippen molar-refractivity contribution in [2.24, 2.45) is 0 Å². The van der Waals surface area contributed by atoms with Gasteiger partial charge in [-0.05, 0) is 28.1 Å². The number of halogens is 3. The summed E-state index contributed by atoms with van der Waals surface area (Å²) in [6.07, 6.45) is 1.38. The zero-order chi connectivity index (χ0) is 18.5. The summed E-state index contributed by atoms with van der Waals surface area (Å²) in [5, 5.41) is 10.6. The molecule has 2 heterocycles. The van der Waals surface area contributed by atoms with Crippen LogP contribution in [0.2, 0.25) is 0 Å². The molecule has 1 fully saturated rings. The van der Waals surface area contributed by atoms with E-state index in [2.05, 4.69) is 25.2 Å². The normalized spacial score (nSPS) is 15.5. The first-order chi connectivity index (χ1) is 12.5. The maximum absolute atomic E-state index is 13.8. The lowest BCUT2D eigenvalue weighted by molar-refractivity contribution is -0.133. The number of ether oxygens (including phenoxy) is 1. The van der Waals surface area contributed by atoms with Gasteiger partial charge in [0.25, 0.3) is 0 Å². The molecular formula is C15H17F3N6O2. The van der Waals surface area contributed by atoms with Crippen molar-refractivity contribution in [1.29, 1.82) is 0 Å². The predicted molar refractivity (Wildman–Crippen MR) is 82.7 cm³/mol. The lowest BCUT2D eigenvalue weighted by atomic mass is 10.2. The van der Waals surface area contributed by atoms with Crippen LogP contribution in [0.4, 0.5) is 13.2 Å². The molecule has 0 N–H and O–H groups in total. The zero-order valence-electron chi connectivity index (χ0n) is 13.8. The standard InChI is InChI=1S/C15H17F3N6O2/c16-12-7-11(1-2-13(12)26-15(17)18)8-22-3-5-23(6-4-22)14(25)9-24-10-19-20-21-24/h1-2,7,10,15H,3-6,8-9H2. The van der Waals surface area contributed by atoms with Gasteiger partial charge < -0.3 is 9.64 Å². The third kappa shape index (κ3) is 4.69. The molecule has 140 valence electrons. The number of alkyl halides is 2. The van der Waals surface area contributed by atoms with Crippen molar-refractivity contribution in [2.75, 3.05) is 26.2 Å². The highest BCUT2D eigenvalue weighted by Crippen LogP contribution is 2.21. The van der Waals surface area contributed by atoms with Crippen LogP contribution < -0.4 is 4.74 Å². The second-order valence-electron chi connectivity index (χ2n) is 5.81.